The molecule has 0 bridgehead atoms. The lowest BCUT2D eigenvalue weighted by Gasteiger charge is -2.15. The van der Waals surface area contributed by atoms with E-state index in [1.807, 2.05) is 0 Å². The van der Waals surface area contributed by atoms with Crippen molar-refractivity contribution in [1.82, 2.24) is 4.98 Å². The summed E-state index contributed by atoms with van der Waals surface area (Å²) in [6, 6.07) is 1.88. The van der Waals surface area contributed by atoms with Crippen LogP contribution >= 0.6 is 24.8 Å². The minimum Gasteiger partial charge on any atom is -0.494 e. The third-order valence-electron chi connectivity index (χ3n) is 3.44. The molecule has 1 aliphatic carbocycles. The van der Waals surface area contributed by atoms with Crippen molar-refractivity contribution >= 4 is 36.4 Å². The lowest BCUT2D eigenvalue weighted by Crippen LogP contribution is -2.28. The summed E-state index contributed by atoms with van der Waals surface area (Å²) in [6.07, 6.45) is 6.87. The fraction of sp³-hybridized carbons (Fsp3) is 0.538. The van der Waals surface area contributed by atoms with Gasteiger partial charge in [-0.25, -0.2) is 0 Å². The maximum atomic E-state index is 11.9. The zero-order valence-corrected chi connectivity index (χ0v) is 13.0. The van der Waals surface area contributed by atoms with E-state index in [9.17, 15) is 4.79 Å². The van der Waals surface area contributed by atoms with Gasteiger partial charge in [-0.1, -0.05) is 6.42 Å². The summed E-state index contributed by atoms with van der Waals surface area (Å²) in [5.74, 6) is 0.894. The number of amides is 1. The average Bonchev–Trinajstić information content (AvgIpc) is 2.75. The van der Waals surface area contributed by atoms with E-state index in [-0.39, 0.29) is 36.8 Å². The fourth-order valence-electron chi connectivity index (χ4n) is 2.41. The maximum absolute atomic E-state index is 11.9. The number of ether oxygens (including phenoxy) is 1. The standard InChI is InChI=1S/C13H19N3O2.2ClH/c1-18-12-5-6-15-8-11(12)16-13(17)7-9-3-2-4-10(9)14;;/h5-6,8-10H,2-4,7,14H2,1H3,(H,16,17);2*1H/t9-,10+;;/m0../s1. The first kappa shape index (κ1) is 19.0. The van der Waals surface area contributed by atoms with Crippen molar-refractivity contribution in [3.63, 3.8) is 0 Å². The second-order valence-corrected chi connectivity index (χ2v) is 4.68. The van der Waals surface area contributed by atoms with Crippen LogP contribution in [0.1, 0.15) is 25.7 Å². The Hall–Kier alpha value is -1.04. The molecule has 1 fully saturated rings. The second-order valence-electron chi connectivity index (χ2n) is 4.68. The predicted octanol–water partition coefficient (Wildman–Crippen LogP) is 2.39. The molecule has 2 rings (SSSR count). The Kier molecular flexibility index (Phi) is 8.53. The van der Waals surface area contributed by atoms with Crippen molar-refractivity contribution in [2.45, 2.75) is 31.7 Å². The molecular weight excluding hydrogens is 301 g/mol. The van der Waals surface area contributed by atoms with Gasteiger partial charge in [-0.05, 0) is 18.8 Å². The van der Waals surface area contributed by atoms with Crippen LogP contribution in [0, 0.1) is 5.92 Å². The molecule has 5 nitrogen and oxygen atoms in total. The minimum atomic E-state index is -0.0244. The van der Waals surface area contributed by atoms with Gasteiger partial charge in [-0.15, -0.1) is 24.8 Å². The molecule has 1 aromatic heterocycles. The molecule has 3 N–H and O–H groups in total. The number of methoxy groups -OCH3 is 1. The first-order valence-electron chi connectivity index (χ1n) is 6.24. The molecule has 1 aromatic rings. The van der Waals surface area contributed by atoms with Crippen LogP contribution in [0.15, 0.2) is 18.5 Å². The molecule has 0 unspecified atom stereocenters. The van der Waals surface area contributed by atoms with Gasteiger partial charge >= 0.3 is 0 Å². The van der Waals surface area contributed by atoms with E-state index in [4.69, 9.17) is 10.5 Å². The smallest absolute Gasteiger partial charge is 0.224 e. The van der Waals surface area contributed by atoms with Crippen molar-refractivity contribution in [2.75, 3.05) is 12.4 Å². The van der Waals surface area contributed by atoms with Gasteiger partial charge < -0.3 is 15.8 Å². The van der Waals surface area contributed by atoms with Crippen LogP contribution in [0.4, 0.5) is 5.69 Å². The number of hydrogen-bond donors (Lipinski definition) is 2. The number of pyridine rings is 1. The van der Waals surface area contributed by atoms with E-state index >= 15 is 0 Å². The zero-order chi connectivity index (χ0) is 13.0. The molecule has 1 saturated carbocycles. The number of nitrogens with zero attached hydrogens (tertiary/aromatic N) is 1. The average molecular weight is 322 g/mol. The summed E-state index contributed by atoms with van der Waals surface area (Å²) < 4.78 is 5.16. The number of aromatic nitrogens is 1. The van der Waals surface area contributed by atoms with Gasteiger partial charge in [0.2, 0.25) is 5.91 Å². The van der Waals surface area contributed by atoms with Crippen molar-refractivity contribution < 1.29 is 9.53 Å². The van der Waals surface area contributed by atoms with E-state index in [0.717, 1.165) is 19.3 Å². The van der Waals surface area contributed by atoms with Gasteiger partial charge in [0.15, 0.2) is 0 Å². The number of hydrogen-bond acceptors (Lipinski definition) is 4. The topological polar surface area (TPSA) is 77.2 Å². The Morgan fingerprint density at radius 3 is 2.85 bits per heavy atom. The van der Waals surface area contributed by atoms with Crippen LogP contribution in [-0.2, 0) is 4.79 Å². The number of rotatable bonds is 4. The van der Waals surface area contributed by atoms with E-state index in [2.05, 4.69) is 10.3 Å². The van der Waals surface area contributed by atoms with Gasteiger partial charge in [-0.3, -0.25) is 9.78 Å². The third-order valence-corrected chi connectivity index (χ3v) is 3.44. The number of halogens is 2. The first-order chi connectivity index (χ1) is 8.70. The van der Waals surface area contributed by atoms with Gasteiger partial charge in [0.25, 0.3) is 0 Å². The molecule has 114 valence electrons. The Labute approximate surface area is 131 Å². The zero-order valence-electron chi connectivity index (χ0n) is 11.4. The lowest BCUT2D eigenvalue weighted by atomic mass is 10.00. The highest BCUT2D eigenvalue weighted by atomic mass is 35.5. The first-order valence-corrected chi connectivity index (χ1v) is 6.24. The molecule has 2 atom stereocenters. The molecule has 0 aromatic carbocycles. The van der Waals surface area contributed by atoms with Crippen LogP contribution in [0.5, 0.6) is 5.75 Å². The molecule has 7 heteroatoms. The molecule has 20 heavy (non-hydrogen) atoms. The predicted molar refractivity (Wildman–Crippen MR) is 83.8 cm³/mol. The van der Waals surface area contributed by atoms with Crippen molar-refractivity contribution in [1.29, 1.82) is 0 Å². The maximum Gasteiger partial charge on any atom is 0.224 e. The highest BCUT2D eigenvalue weighted by Gasteiger charge is 2.26. The molecule has 1 aliphatic rings. The van der Waals surface area contributed by atoms with Crippen LogP contribution in [0.3, 0.4) is 0 Å². The van der Waals surface area contributed by atoms with E-state index in [0.29, 0.717) is 23.8 Å². The molecule has 0 saturated heterocycles. The largest absolute Gasteiger partial charge is 0.494 e. The summed E-state index contributed by atoms with van der Waals surface area (Å²) in [4.78, 5) is 15.9. The van der Waals surface area contributed by atoms with E-state index in [1.165, 1.54) is 0 Å². The van der Waals surface area contributed by atoms with Crippen LogP contribution in [-0.4, -0.2) is 24.0 Å². The van der Waals surface area contributed by atoms with Gasteiger partial charge in [-0.2, -0.15) is 0 Å². The number of carbonyl (C=O) groups is 1. The second kappa shape index (κ2) is 9.00. The Bertz CT molecular complexity index is 432. The molecule has 0 spiro atoms. The van der Waals surface area contributed by atoms with Gasteiger partial charge in [0.1, 0.15) is 11.4 Å². The van der Waals surface area contributed by atoms with E-state index < -0.39 is 0 Å². The Balaban J connectivity index is 0.00000180. The van der Waals surface area contributed by atoms with Gasteiger partial charge in [0.05, 0.1) is 13.3 Å². The fourth-order valence-corrected chi connectivity index (χ4v) is 2.41. The molecular formula is C13H21Cl2N3O2. The van der Waals surface area contributed by atoms with E-state index in [1.54, 1.807) is 25.6 Å². The monoisotopic (exact) mass is 321 g/mol. The van der Waals surface area contributed by atoms with Gasteiger partial charge in [0, 0.05) is 24.7 Å². The molecule has 1 amide bonds. The lowest BCUT2D eigenvalue weighted by molar-refractivity contribution is -0.117. The number of carbonyl (C=O) groups excluding carboxylic acids is 1. The van der Waals surface area contributed by atoms with Crippen LogP contribution in [0.25, 0.3) is 0 Å². The molecule has 0 radical (unpaired) electrons. The Morgan fingerprint density at radius 2 is 2.25 bits per heavy atom. The number of nitrogens with two attached hydrogens (primary N) is 1. The summed E-state index contributed by atoms with van der Waals surface area (Å²) in [7, 11) is 1.57. The summed E-state index contributed by atoms with van der Waals surface area (Å²) in [6.45, 7) is 0. The SMILES string of the molecule is COc1ccncc1NC(=O)C[C@@H]1CCC[C@H]1N.Cl.Cl. The quantitative estimate of drug-likeness (QED) is 0.892. The highest BCUT2D eigenvalue weighted by Crippen LogP contribution is 2.28. The molecule has 0 aliphatic heterocycles. The highest BCUT2D eigenvalue weighted by molar-refractivity contribution is 5.92. The number of anilines is 1. The van der Waals surface area contributed by atoms with Crippen LogP contribution in [0.2, 0.25) is 0 Å². The molecule has 1 heterocycles. The number of nitrogens with one attached hydrogen (secondary N) is 1. The summed E-state index contributed by atoms with van der Waals surface area (Å²) in [5.41, 5.74) is 6.57. The Morgan fingerprint density at radius 1 is 1.50 bits per heavy atom. The normalized spacial score (nSPS) is 20.5. The van der Waals surface area contributed by atoms with Crippen molar-refractivity contribution in [3.8, 4) is 5.75 Å². The van der Waals surface area contributed by atoms with Crippen molar-refractivity contribution in [2.24, 2.45) is 11.7 Å². The minimum absolute atomic E-state index is 0. The summed E-state index contributed by atoms with van der Waals surface area (Å²) >= 11 is 0. The third kappa shape index (κ3) is 4.81. The van der Waals surface area contributed by atoms with Crippen molar-refractivity contribution in [3.05, 3.63) is 18.5 Å². The van der Waals surface area contributed by atoms with Crippen LogP contribution < -0.4 is 15.8 Å². The summed E-state index contributed by atoms with van der Waals surface area (Å²) in [5, 5.41) is 2.83.